The van der Waals surface area contributed by atoms with Gasteiger partial charge in [-0.05, 0) is 36.8 Å². The summed E-state index contributed by atoms with van der Waals surface area (Å²) < 4.78 is 5.14. The topological polar surface area (TPSA) is 64.3 Å². The molecule has 98 valence electrons. The van der Waals surface area contributed by atoms with E-state index in [4.69, 9.17) is 10.5 Å². The van der Waals surface area contributed by atoms with Crippen molar-refractivity contribution in [2.75, 3.05) is 18.2 Å². The first kappa shape index (κ1) is 13.0. The molecule has 2 aromatic carbocycles. The number of aryl methyl sites for hydroxylation is 1. The van der Waals surface area contributed by atoms with Crippen LogP contribution in [-0.4, -0.2) is 13.0 Å². The normalized spacial score (nSPS) is 10.0. The summed E-state index contributed by atoms with van der Waals surface area (Å²) in [5.41, 5.74) is 8.44. The van der Waals surface area contributed by atoms with Crippen molar-refractivity contribution < 1.29 is 9.53 Å². The number of nitrogens with one attached hydrogen (secondary N) is 1. The molecule has 2 aromatic rings. The summed E-state index contributed by atoms with van der Waals surface area (Å²) >= 11 is 0. The second kappa shape index (κ2) is 5.44. The molecular formula is C15H16N2O2. The molecule has 0 radical (unpaired) electrons. The molecule has 2 rings (SSSR count). The van der Waals surface area contributed by atoms with Gasteiger partial charge in [0.1, 0.15) is 5.75 Å². The zero-order valence-electron chi connectivity index (χ0n) is 10.9. The number of nitrogens with two attached hydrogens (primary N) is 1. The van der Waals surface area contributed by atoms with Crippen molar-refractivity contribution in [1.29, 1.82) is 0 Å². The zero-order chi connectivity index (χ0) is 13.8. The molecule has 3 N–H and O–H groups in total. The van der Waals surface area contributed by atoms with E-state index >= 15 is 0 Å². The number of nitrogen functional groups attached to an aromatic ring is 1. The fraction of sp³-hybridized carbons (Fsp3) is 0.133. The van der Waals surface area contributed by atoms with Crippen LogP contribution in [0, 0.1) is 6.92 Å². The number of para-hydroxylation sites is 1. The van der Waals surface area contributed by atoms with Gasteiger partial charge in [-0.2, -0.15) is 0 Å². The van der Waals surface area contributed by atoms with Crippen LogP contribution in [0.25, 0.3) is 0 Å². The summed E-state index contributed by atoms with van der Waals surface area (Å²) in [6.07, 6.45) is 0. The number of hydrogen-bond acceptors (Lipinski definition) is 3. The van der Waals surface area contributed by atoms with Crippen LogP contribution in [0.15, 0.2) is 42.5 Å². The molecule has 0 spiro atoms. The van der Waals surface area contributed by atoms with Gasteiger partial charge < -0.3 is 15.8 Å². The smallest absolute Gasteiger partial charge is 0.256 e. The van der Waals surface area contributed by atoms with Crippen molar-refractivity contribution in [3.05, 3.63) is 53.6 Å². The Balaban J connectivity index is 2.29. The van der Waals surface area contributed by atoms with Gasteiger partial charge in [-0.3, -0.25) is 4.79 Å². The molecule has 0 aromatic heterocycles. The number of ether oxygens (including phenoxy) is 1. The average molecular weight is 256 g/mol. The van der Waals surface area contributed by atoms with E-state index in [1.165, 1.54) is 7.11 Å². The highest BCUT2D eigenvalue weighted by atomic mass is 16.5. The van der Waals surface area contributed by atoms with Crippen LogP contribution in [0.4, 0.5) is 11.4 Å². The van der Waals surface area contributed by atoms with Crippen LogP contribution >= 0.6 is 0 Å². The highest BCUT2D eigenvalue weighted by Crippen LogP contribution is 2.26. The summed E-state index contributed by atoms with van der Waals surface area (Å²) in [7, 11) is 1.53. The molecule has 4 nitrogen and oxygen atoms in total. The van der Waals surface area contributed by atoms with Gasteiger partial charge in [-0.15, -0.1) is 0 Å². The molecule has 0 bridgehead atoms. The fourth-order valence-corrected chi connectivity index (χ4v) is 1.85. The van der Waals surface area contributed by atoms with Gasteiger partial charge in [0.2, 0.25) is 0 Å². The van der Waals surface area contributed by atoms with E-state index in [0.29, 0.717) is 17.0 Å². The van der Waals surface area contributed by atoms with Gasteiger partial charge >= 0.3 is 0 Å². The Bertz CT molecular complexity index is 595. The number of anilines is 2. The number of carbonyl (C=O) groups is 1. The highest BCUT2D eigenvalue weighted by Gasteiger charge is 2.12. The maximum absolute atomic E-state index is 12.2. The van der Waals surface area contributed by atoms with Crippen molar-refractivity contribution in [3.63, 3.8) is 0 Å². The Kier molecular flexibility index (Phi) is 3.71. The molecule has 0 atom stereocenters. The third kappa shape index (κ3) is 2.85. The van der Waals surface area contributed by atoms with Gasteiger partial charge in [0, 0.05) is 11.3 Å². The Morgan fingerprint density at radius 2 is 1.89 bits per heavy atom. The van der Waals surface area contributed by atoms with Crippen molar-refractivity contribution >= 4 is 17.3 Å². The molecule has 0 aliphatic heterocycles. The summed E-state index contributed by atoms with van der Waals surface area (Å²) in [5.74, 6) is 0.325. The molecular weight excluding hydrogens is 240 g/mol. The number of rotatable bonds is 3. The predicted molar refractivity (Wildman–Crippen MR) is 76.5 cm³/mol. The van der Waals surface area contributed by atoms with Gasteiger partial charge in [0.05, 0.1) is 12.8 Å². The van der Waals surface area contributed by atoms with Crippen molar-refractivity contribution in [3.8, 4) is 5.75 Å². The first-order valence-electron chi connectivity index (χ1n) is 5.92. The lowest BCUT2D eigenvalue weighted by molar-refractivity contribution is 0.102. The monoisotopic (exact) mass is 256 g/mol. The molecule has 0 saturated carbocycles. The minimum absolute atomic E-state index is 0.179. The van der Waals surface area contributed by atoms with Gasteiger partial charge in [0.25, 0.3) is 5.91 Å². The minimum Gasteiger partial charge on any atom is -0.495 e. The summed E-state index contributed by atoms with van der Waals surface area (Å²) in [5, 5.41) is 2.83. The molecule has 19 heavy (non-hydrogen) atoms. The van der Waals surface area contributed by atoms with Crippen LogP contribution < -0.4 is 15.8 Å². The van der Waals surface area contributed by atoms with Crippen molar-refractivity contribution in [1.82, 2.24) is 0 Å². The zero-order valence-corrected chi connectivity index (χ0v) is 10.9. The van der Waals surface area contributed by atoms with Crippen LogP contribution in [0.5, 0.6) is 5.75 Å². The number of methoxy groups -OCH3 is 1. The quantitative estimate of drug-likeness (QED) is 0.830. The van der Waals surface area contributed by atoms with Crippen LogP contribution in [-0.2, 0) is 0 Å². The lowest BCUT2D eigenvalue weighted by atomic mass is 10.1. The second-order valence-corrected chi connectivity index (χ2v) is 4.23. The average Bonchev–Trinajstić information content (AvgIpc) is 2.40. The van der Waals surface area contributed by atoms with Crippen LogP contribution in [0.2, 0.25) is 0 Å². The van der Waals surface area contributed by atoms with Gasteiger partial charge in [-0.1, -0.05) is 18.2 Å². The van der Waals surface area contributed by atoms with E-state index < -0.39 is 0 Å². The van der Waals surface area contributed by atoms with Gasteiger partial charge in [0.15, 0.2) is 0 Å². The first-order valence-corrected chi connectivity index (χ1v) is 5.92. The Morgan fingerprint density at radius 3 is 2.53 bits per heavy atom. The maximum atomic E-state index is 12.2. The van der Waals surface area contributed by atoms with E-state index in [1.807, 2.05) is 37.3 Å². The lowest BCUT2D eigenvalue weighted by Crippen LogP contribution is -2.14. The number of carbonyl (C=O) groups excluding carboxylic acids is 1. The largest absolute Gasteiger partial charge is 0.495 e. The van der Waals surface area contributed by atoms with Crippen LogP contribution in [0.3, 0.4) is 0 Å². The summed E-state index contributed by atoms with van der Waals surface area (Å²) in [6.45, 7) is 1.84. The van der Waals surface area contributed by atoms with Crippen LogP contribution in [0.1, 0.15) is 15.9 Å². The minimum atomic E-state index is -0.179. The third-order valence-corrected chi connectivity index (χ3v) is 2.85. The second-order valence-electron chi connectivity index (χ2n) is 4.23. The molecule has 0 unspecified atom stereocenters. The van der Waals surface area contributed by atoms with Crippen molar-refractivity contribution in [2.24, 2.45) is 0 Å². The number of benzene rings is 2. The van der Waals surface area contributed by atoms with E-state index in [0.717, 1.165) is 11.3 Å². The number of amides is 1. The molecule has 0 saturated heterocycles. The van der Waals surface area contributed by atoms with E-state index in [9.17, 15) is 4.79 Å². The molecule has 0 fully saturated rings. The third-order valence-electron chi connectivity index (χ3n) is 2.85. The molecule has 0 aliphatic rings. The summed E-state index contributed by atoms with van der Waals surface area (Å²) in [4.78, 5) is 12.2. The van der Waals surface area contributed by atoms with E-state index in [2.05, 4.69) is 5.32 Å². The fourth-order valence-electron chi connectivity index (χ4n) is 1.85. The first-order chi connectivity index (χ1) is 9.11. The standard InChI is InChI=1S/C15H16N2O2/c1-10-8-13(16)14(19-2)9-12(10)15(18)17-11-6-4-3-5-7-11/h3-9H,16H2,1-2H3,(H,17,18). The predicted octanol–water partition coefficient (Wildman–Crippen LogP) is 2.84. The molecule has 0 aliphatic carbocycles. The van der Waals surface area contributed by atoms with Crippen molar-refractivity contribution in [2.45, 2.75) is 6.92 Å². The Hall–Kier alpha value is -2.49. The van der Waals surface area contributed by atoms with E-state index in [1.54, 1.807) is 12.1 Å². The van der Waals surface area contributed by atoms with E-state index in [-0.39, 0.29) is 5.91 Å². The maximum Gasteiger partial charge on any atom is 0.256 e. The Labute approximate surface area is 112 Å². The molecule has 4 heteroatoms. The molecule has 1 amide bonds. The Morgan fingerprint density at radius 1 is 1.21 bits per heavy atom. The van der Waals surface area contributed by atoms with Gasteiger partial charge in [-0.25, -0.2) is 0 Å². The lowest BCUT2D eigenvalue weighted by Gasteiger charge is -2.11. The highest BCUT2D eigenvalue weighted by molar-refractivity contribution is 6.05. The SMILES string of the molecule is COc1cc(C(=O)Nc2ccccc2)c(C)cc1N. The summed E-state index contributed by atoms with van der Waals surface area (Å²) in [6, 6.07) is 12.7. The molecule has 0 heterocycles. The number of hydrogen-bond donors (Lipinski definition) is 2.